The van der Waals surface area contributed by atoms with Gasteiger partial charge in [0.25, 0.3) is 0 Å². The Labute approximate surface area is 78.2 Å². The van der Waals surface area contributed by atoms with E-state index in [1.807, 2.05) is 25.1 Å². The van der Waals surface area contributed by atoms with Crippen LogP contribution in [0.15, 0.2) is 18.2 Å². The number of nitrogens with two attached hydrogens (primary N) is 1. The van der Waals surface area contributed by atoms with Crippen molar-refractivity contribution in [1.29, 1.82) is 5.26 Å². The summed E-state index contributed by atoms with van der Waals surface area (Å²) in [6, 6.07) is 7.67. The lowest BCUT2D eigenvalue weighted by molar-refractivity contribution is 1.02. The van der Waals surface area contributed by atoms with E-state index in [0.29, 0.717) is 12.1 Å². The highest BCUT2D eigenvalue weighted by molar-refractivity contribution is 5.55. The molecule has 0 aliphatic heterocycles. The van der Waals surface area contributed by atoms with Crippen LogP contribution in [-0.2, 0) is 0 Å². The molecule has 0 bridgehead atoms. The summed E-state index contributed by atoms with van der Waals surface area (Å²) in [5.74, 6) is 0. The maximum absolute atomic E-state index is 8.68. The van der Waals surface area contributed by atoms with Crippen molar-refractivity contribution in [2.45, 2.75) is 6.92 Å². The zero-order chi connectivity index (χ0) is 9.68. The number of benzene rings is 1. The third-order valence-corrected chi connectivity index (χ3v) is 1.83. The summed E-state index contributed by atoms with van der Waals surface area (Å²) in [7, 11) is 0. The number of aryl methyl sites for hydroxylation is 1. The Hall–Kier alpha value is -1.53. The molecule has 1 aromatic rings. The Morgan fingerprint density at radius 2 is 2.31 bits per heavy atom. The first-order valence-electron chi connectivity index (χ1n) is 4.22. The van der Waals surface area contributed by atoms with Crippen LogP contribution in [0.1, 0.15) is 11.1 Å². The molecule has 0 unspecified atom stereocenters. The Bertz CT molecular complexity index is 325. The zero-order valence-electron chi connectivity index (χ0n) is 7.67. The first-order valence-corrected chi connectivity index (χ1v) is 4.22. The van der Waals surface area contributed by atoms with Crippen LogP contribution in [0, 0.1) is 18.3 Å². The molecule has 1 rings (SSSR count). The largest absolute Gasteiger partial charge is 0.384 e. The van der Waals surface area contributed by atoms with Gasteiger partial charge in [0.15, 0.2) is 0 Å². The molecule has 0 saturated carbocycles. The second-order valence-corrected chi connectivity index (χ2v) is 2.86. The molecule has 1 aromatic carbocycles. The normalized spacial score (nSPS) is 9.31. The molecule has 0 amide bonds. The number of hydrogen-bond acceptors (Lipinski definition) is 3. The molecule has 3 nitrogen and oxygen atoms in total. The van der Waals surface area contributed by atoms with Crippen LogP contribution in [0.5, 0.6) is 0 Å². The van der Waals surface area contributed by atoms with Crippen molar-refractivity contribution < 1.29 is 0 Å². The van der Waals surface area contributed by atoms with E-state index in [9.17, 15) is 0 Å². The van der Waals surface area contributed by atoms with Crippen molar-refractivity contribution in [2.75, 3.05) is 18.4 Å². The minimum atomic E-state index is 0.593. The highest BCUT2D eigenvalue weighted by atomic mass is 14.9. The minimum Gasteiger partial charge on any atom is -0.384 e. The molecular weight excluding hydrogens is 162 g/mol. The molecule has 3 heteroatoms. The van der Waals surface area contributed by atoms with E-state index in [2.05, 4.69) is 11.4 Å². The number of anilines is 1. The molecule has 0 aliphatic carbocycles. The van der Waals surface area contributed by atoms with Gasteiger partial charge in [0.1, 0.15) is 0 Å². The SMILES string of the molecule is Cc1ccc(C#N)cc1NCCN. The Balaban J connectivity index is 2.85. The van der Waals surface area contributed by atoms with Gasteiger partial charge in [-0.25, -0.2) is 0 Å². The number of nitrogens with zero attached hydrogens (tertiary/aromatic N) is 1. The Morgan fingerprint density at radius 1 is 1.54 bits per heavy atom. The van der Waals surface area contributed by atoms with E-state index in [1.165, 1.54) is 0 Å². The van der Waals surface area contributed by atoms with Crippen molar-refractivity contribution in [3.8, 4) is 6.07 Å². The van der Waals surface area contributed by atoms with Gasteiger partial charge in [-0.15, -0.1) is 0 Å². The molecule has 0 radical (unpaired) electrons. The topological polar surface area (TPSA) is 61.8 Å². The van der Waals surface area contributed by atoms with Crippen LogP contribution >= 0.6 is 0 Å². The fraction of sp³-hybridized carbons (Fsp3) is 0.300. The van der Waals surface area contributed by atoms with Crippen LogP contribution < -0.4 is 11.1 Å². The second-order valence-electron chi connectivity index (χ2n) is 2.86. The van der Waals surface area contributed by atoms with Crippen LogP contribution in [0.3, 0.4) is 0 Å². The fourth-order valence-electron chi connectivity index (χ4n) is 1.09. The van der Waals surface area contributed by atoms with Crippen LogP contribution in [0.2, 0.25) is 0 Å². The summed E-state index contributed by atoms with van der Waals surface area (Å²) in [4.78, 5) is 0. The predicted molar refractivity (Wildman–Crippen MR) is 53.4 cm³/mol. The quantitative estimate of drug-likeness (QED) is 0.726. The van der Waals surface area contributed by atoms with Crippen molar-refractivity contribution in [3.63, 3.8) is 0 Å². The standard InChI is InChI=1S/C10H13N3/c1-8-2-3-9(7-12)6-10(8)13-5-4-11/h2-3,6,13H,4-5,11H2,1H3. The predicted octanol–water partition coefficient (Wildman–Crippen LogP) is 1.24. The van der Waals surface area contributed by atoms with E-state index >= 15 is 0 Å². The van der Waals surface area contributed by atoms with Gasteiger partial charge in [0, 0.05) is 18.8 Å². The van der Waals surface area contributed by atoms with E-state index in [1.54, 1.807) is 0 Å². The van der Waals surface area contributed by atoms with E-state index < -0.39 is 0 Å². The van der Waals surface area contributed by atoms with Gasteiger partial charge in [-0.05, 0) is 24.6 Å². The van der Waals surface area contributed by atoms with Crippen LogP contribution in [0.25, 0.3) is 0 Å². The smallest absolute Gasteiger partial charge is 0.0992 e. The molecule has 0 aliphatic rings. The third kappa shape index (κ3) is 2.46. The fourth-order valence-corrected chi connectivity index (χ4v) is 1.09. The lowest BCUT2D eigenvalue weighted by Gasteiger charge is -2.07. The summed E-state index contributed by atoms with van der Waals surface area (Å²) in [5.41, 5.74) is 8.16. The van der Waals surface area contributed by atoms with E-state index in [4.69, 9.17) is 11.0 Å². The molecular formula is C10H13N3. The van der Waals surface area contributed by atoms with Gasteiger partial charge >= 0.3 is 0 Å². The molecule has 0 aromatic heterocycles. The van der Waals surface area contributed by atoms with Gasteiger partial charge in [-0.2, -0.15) is 5.26 Å². The van der Waals surface area contributed by atoms with Crippen molar-refractivity contribution in [1.82, 2.24) is 0 Å². The molecule has 0 heterocycles. The van der Waals surface area contributed by atoms with Crippen LogP contribution in [0.4, 0.5) is 5.69 Å². The van der Waals surface area contributed by atoms with Gasteiger partial charge in [-0.1, -0.05) is 6.07 Å². The molecule has 0 spiro atoms. The molecule has 68 valence electrons. The number of nitriles is 1. The van der Waals surface area contributed by atoms with E-state index in [-0.39, 0.29) is 0 Å². The molecule has 0 fully saturated rings. The zero-order valence-corrected chi connectivity index (χ0v) is 7.67. The number of nitrogens with one attached hydrogen (secondary N) is 1. The Kier molecular flexibility index (Phi) is 3.30. The maximum atomic E-state index is 8.68. The van der Waals surface area contributed by atoms with Gasteiger partial charge in [-0.3, -0.25) is 0 Å². The van der Waals surface area contributed by atoms with Gasteiger partial charge in [0.2, 0.25) is 0 Å². The van der Waals surface area contributed by atoms with Gasteiger partial charge < -0.3 is 11.1 Å². The summed E-state index contributed by atoms with van der Waals surface area (Å²) >= 11 is 0. The first kappa shape index (κ1) is 9.56. The van der Waals surface area contributed by atoms with Crippen LogP contribution in [-0.4, -0.2) is 13.1 Å². The highest BCUT2D eigenvalue weighted by Crippen LogP contribution is 2.15. The monoisotopic (exact) mass is 175 g/mol. The number of rotatable bonds is 3. The molecule has 0 saturated heterocycles. The summed E-state index contributed by atoms with van der Waals surface area (Å²) in [6.07, 6.45) is 0. The first-order chi connectivity index (χ1) is 6.27. The molecule has 3 N–H and O–H groups in total. The second kappa shape index (κ2) is 4.48. The molecule has 13 heavy (non-hydrogen) atoms. The summed E-state index contributed by atoms with van der Waals surface area (Å²) in [6.45, 7) is 3.33. The summed E-state index contributed by atoms with van der Waals surface area (Å²) < 4.78 is 0. The minimum absolute atomic E-state index is 0.593. The Morgan fingerprint density at radius 3 is 2.92 bits per heavy atom. The highest BCUT2D eigenvalue weighted by Gasteiger charge is 1.98. The summed E-state index contributed by atoms with van der Waals surface area (Å²) in [5, 5.41) is 11.8. The average Bonchev–Trinajstić information content (AvgIpc) is 2.17. The maximum Gasteiger partial charge on any atom is 0.0992 e. The van der Waals surface area contributed by atoms with Crippen molar-refractivity contribution in [2.24, 2.45) is 5.73 Å². The number of hydrogen-bond donors (Lipinski definition) is 2. The lowest BCUT2D eigenvalue weighted by Crippen LogP contribution is -2.13. The van der Waals surface area contributed by atoms with Gasteiger partial charge in [0.05, 0.1) is 11.6 Å². The lowest BCUT2D eigenvalue weighted by atomic mass is 10.1. The van der Waals surface area contributed by atoms with Crippen molar-refractivity contribution in [3.05, 3.63) is 29.3 Å². The molecule has 0 atom stereocenters. The third-order valence-electron chi connectivity index (χ3n) is 1.83. The van der Waals surface area contributed by atoms with E-state index in [0.717, 1.165) is 17.8 Å². The van der Waals surface area contributed by atoms with Crippen molar-refractivity contribution >= 4 is 5.69 Å². The average molecular weight is 175 g/mol.